The normalized spacial score (nSPS) is 17.0. The van der Waals surface area contributed by atoms with E-state index in [9.17, 15) is 5.11 Å². The van der Waals surface area contributed by atoms with Crippen LogP contribution in [-0.2, 0) is 6.42 Å². The van der Waals surface area contributed by atoms with E-state index in [4.69, 9.17) is 11.6 Å². The maximum Gasteiger partial charge on any atom is 0.116 e. The predicted molar refractivity (Wildman–Crippen MR) is 96.2 cm³/mol. The van der Waals surface area contributed by atoms with Crippen molar-refractivity contribution in [2.24, 2.45) is 5.92 Å². The van der Waals surface area contributed by atoms with Crippen LogP contribution in [-0.4, -0.2) is 34.6 Å². The van der Waals surface area contributed by atoms with Gasteiger partial charge in [-0.3, -0.25) is 4.98 Å². The topological polar surface area (TPSA) is 36.4 Å². The molecule has 0 radical (unpaired) electrons. The van der Waals surface area contributed by atoms with Crippen LogP contribution < -0.4 is 0 Å². The van der Waals surface area contributed by atoms with Crippen molar-refractivity contribution in [2.45, 2.75) is 39.0 Å². The number of fused-ring (bicyclic) bond motifs is 1. The number of benzene rings is 1. The Morgan fingerprint density at radius 1 is 1.30 bits per heavy atom. The molecule has 1 aromatic carbocycles. The van der Waals surface area contributed by atoms with Crippen LogP contribution in [0.3, 0.4) is 0 Å². The fourth-order valence-corrected chi connectivity index (χ4v) is 3.87. The highest BCUT2D eigenvalue weighted by Crippen LogP contribution is 2.30. The van der Waals surface area contributed by atoms with Gasteiger partial charge in [-0.25, -0.2) is 0 Å². The van der Waals surface area contributed by atoms with Gasteiger partial charge >= 0.3 is 0 Å². The van der Waals surface area contributed by atoms with Crippen molar-refractivity contribution in [1.82, 2.24) is 9.88 Å². The first kappa shape index (κ1) is 16.5. The van der Waals surface area contributed by atoms with E-state index in [1.165, 1.54) is 38.9 Å². The number of piperidine rings is 1. The summed E-state index contributed by atoms with van der Waals surface area (Å²) in [5.74, 6) is 1.12. The molecule has 1 saturated heterocycles. The summed E-state index contributed by atoms with van der Waals surface area (Å²) in [5.41, 5.74) is 2.03. The third kappa shape index (κ3) is 3.96. The molecule has 4 heteroatoms. The minimum absolute atomic E-state index is 0.273. The molecule has 3 nitrogen and oxygen atoms in total. The van der Waals surface area contributed by atoms with Gasteiger partial charge in [-0.2, -0.15) is 0 Å². The van der Waals surface area contributed by atoms with E-state index >= 15 is 0 Å². The maximum atomic E-state index is 9.75. The molecule has 0 saturated carbocycles. The van der Waals surface area contributed by atoms with Crippen LogP contribution in [0.5, 0.6) is 5.75 Å². The van der Waals surface area contributed by atoms with Crippen LogP contribution in [0.2, 0.25) is 5.02 Å². The summed E-state index contributed by atoms with van der Waals surface area (Å²) in [6, 6.07) is 5.31. The van der Waals surface area contributed by atoms with Gasteiger partial charge in [0.25, 0.3) is 0 Å². The van der Waals surface area contributed by atoms with Crippen LogP contribution in [0.15, 0.2) is 24.4 Å². The molecule has 1 aromatic heterocycles. The van der Waals surface area contributed by atoms with E-state index in [2.05, 4.69) is 16.8 Å². The second-order valence-electron chi connectivity index (χ2n) is 6.56. The highest BCUT2D eigenvalue weighted by atomic mass is 35.5. The molecule has 124 valence electrons. The van der Waals surface area contributed by atoms with Crippen molar-refractivity contribution < 1.29 is 5.11 Å². The number of aromatic nitrogens is 1. The van der Waals surface area contributed by atoms with Crippen LogP contribution >= 0.6 is 11.6 Å². The molecule has 23 heavy (non-hydrogen) atoms. The van der Waals surface area contributed by atoms with E-state index in [0.29, 0.717) is 5.02 Å². The number of rotatable bonds is 5. The maximum absolute atomic E-state index is 9.75. The lowest BCUT2D eigenvalue weighted by Gasteiger charge is -2.31. The number of phenols is 1. The molecule has 0 spiro atoms. The lowest BCUT2D eigenvalue weighted by Crippen LogP contribution is -2.33. The molecule has 1 aliphatic rings. The number of aromatic hydroxyl groups is 1. The van der Waals surface area contributed by atoms with Gasteiger partial charge in [0.2, 0.25) is 0 Å². The van der Waals surface area contributed by atoms with Crippen molar-refractivity contribution in [3.63, 3.8) is 0 Å². The summed E-state index contributed by atoms with van der Waals surface area (Å²) in [7, 11) is 0. The monoisotopic (exact) mass is 332 g/mol. The molecule has 3 rings (SSSR count). The average molecular weight is 333 g/mol. The van der Waals surface area contributed by atoms with Gasteiger partial charge in [-0.05, 0) is 75.0 Å². The van der Waals surface area contributed by atoms with Gasteiger partial charge < -0.3 is 10.0 Å². The number of pyridine rings is 1. The largest absolute Gasteiger partial charge is 0.508 e. The molecule has 0 unspecified atom stereocenters. The average Bonchev–Trinajstić information content (AvgIpc) is 2.57. The number of hydrogen-bond donors (Lipinski definition) is 1. The Morgan fingerprint density at radius 2 is 2.09 bits per heavy atom. The fourth-order valence-electron chi connectivity index (χ4n) is 3.62. The van der Waals surface area contributed by atoms with Gasteiger partial charge in [0.05, 0.1) is 10.5 Å². The van der Waals surface area contributed by atoms with Crippen LogP contribution in [0.1, 0.15) is 38.2 Å². The number of phenolic OH excluding ortho intramolecular Hbond substituents is 1. The van der Waals surface area contributed by atoms with Gasteiger partial charge in [0.15, 0.2) is 0 Å². The van der Waals surface area contributed by atoms with Crippen LogP contribution in [0.4, 0.5) is 0 Å². The highest BCUT2D eigenvalue weighted by Gasteiger charge is 2.18. The molecule has 0 aliphatic carbocycles. The van der Waals surface area contributed by atoms with Gasteiger partial charge in [0.1, 0.15) is 5.75 Å². The standard InChI is InChI=1S/C19H25ClN2O/c1-2-22-10-8-14(9-11-22)4-3-5-16-17-12-15(23)6-7-19(17)21-13-18(16)20/h6-7,12-14,23H,2-5,8-11H2,1H3. The Labute approximate surface area is 143 Å². The summed E-state index contributed by atoms with van der Waals surface area (Å²) in [4.78, 5) is 6.88. The number of hydrogen-bond acceptors (Lipinski definition) is 3. The summed E-state index contributed by atoms with van der Waals surface area (Å²) in [6.07, 6.45) is 7.73. The summed E-state index contributed by atoms with van der Waals surface area (Å²) in [6.45, 7) is 5.91. The van der Waals surface area contributed by atoms with E-state index in [1.54, 1.807) is 18.3 Å². The van der Waals surface area contributed by atoms with Crippen LogP contribution in [0, 0.1) is 5.92 Å². The summed E-state index contributed by atoms with van der Waals surface area (Å²) in [5, 5.41) is 11.4. The molecule has 2 aromatic rings. The van der Waals surface area contributed by atoms with Gasteiger partial charge in [0, 0.05) is 11.6 Å². The van der Waals surface area contributed by atoms with Gasteiger partial charge in [-0.1, -0.05) is 24.9 Å². The van der Waals surface area contributed by atoms with E-state index in [-0.39, 0.29) is 5.75 Å². The minimum Gasteiger partial charge on any atom is -0.508 e. The Balaban J connectivity index is 1.63. The molecule has 0 atom stereocenters. The Hall–Kier alpha value is -1.32. The Kier molecular flexibility index (Phi) is 5.39. The van der Waals surface area contributed by atoms with Gasteiger partial charge in [-0.15, -0.1) is 0 Å². The second kappa shape index (κ2) is 7.50. The fraction of sp³-hybridized carbons (Fsp3) is 0.526. The predicted octanol–water partition coefficient (Wildman–Crippen LogP) is 4.65. The number of likely N-dealkylation sites (tertiary alicyclic amines) is 1. The second-order valence-corrected chi connectivity index (χ2v) is 6.96. The summed E-state index contributed by atoms with van der Waals surface area (Å²) < 4.78 is 0. The van der Waals surface area contributed by atoms with E-state index in [1.807, 2.05) is 6.07 Å². The molecule has 1 N–H and O–H groups in total. The van der Waals surface area contributed by atoms with Crippen molar-refractivity contribution in [3.05, 3.63) is 35.0 Å². The Bertz CT molecular complexity index is 660. The van der Waals surface area contributed by atoms with E-state index < -0.39 is 0 Å². The SMILES string of the molecule is CCN1CCC(CCCc2c(Cl)cnc3ccc(O)cc23)CC1. The smallest absolute Gasteiger partial charge is 0.116 e. The Morgan fingerprint density at radius 3 is 2.83 bits per heavy atom. The molecule has 0 bridgehead atoms. The minimum atomic E-state index is 0.273. The molecule has 2 heterocycles. The first-order valence-corrected chi connectivity index (χ1v) is 9.03. The third-order valence-electron chi connectivity index (χ3n) is 5.10. The zero-order chi connectivity index (χ0) is 16.2. The van der Waals surface area contributed by atoms with Crippen molar-refractivity contribution in [1.29, 1.82) is 0 Å². The van der Waals surface area contributed by atoms with Crippen molar-refractivity contribution >= 4 is 22.5 Å². The first-order valence-electron chi connectivity index (χ1n) is 8.66. The van der Waals surface area contributed by atoms with Crippen molar-refractivity contribution in [3.8, 4) is 5.75 Å². The molecular formula is C19H25ClN2O. The van der Waals surface area contributed by atoms with Crippen molar-refractivity contribution in [2.75, 3.05) is 19.6 Å². The number of aryl methyl sites for hydroxylation is 1. The number of halogens is 1. The lowest BCUT2D eigenvalue weighted by atomic mass is 9.90. The third-order valence-corrected chi connectivity index (χ3v) is 5.43. The quantitative estimate of drug-likeness (QED) is 0.865. The molecular weight excluding hydrogens is 308 g/mol. The number of nitrogens with zero attached hydrogens (tertiary/aromatic N) is 2. The van der Waals surface area contributed by atoms with Crippen LogP contribution in [0.25, 0.3) is 10.9 Å². The zero-order valence-electron chi connectivity index (χ0n) is 13.8. The molecule has 0 amide bonds. The summed E-state index contributed by atoms with van der Waals surface area (Å²) >= 11 is 6.36. The van der Waals surface area contributed by atoms with E-state index in [0.717, 1.165) is 35.2 Å². The molecule has 1 fully saturated rings. The zero-order valence-corrected chi connectivity index (χ0v) is 14.5. The molecule has 1 aliphatic heterocycles. The first-order chi connectivity index (χ1) is 11.2. The lowest BCUT2D eigenvalue weighted by molar-refractivity contribution is 0.185. The highest BCUT2D eigenvalue weighted by molar-refractivity contribution is 6.32.